The quantitative estimate of drug-likeness (QED) is 0.778. The Kier molecular flexibility index (Phi) is 5.39. The Morgan fingerprint density at radius 2 is 2.05 bits per heavy atom. The van der Waals surface area contributed by atoms with E-state index in [1.54, 1.807) is 17.4 Å². The number of nitrogens with one attached hydrogen (secondary N) is 1. The highest BCUT2D eigenvalue weighted by atomic mass is 35.5. The number of thiophene rings is 1. The largest absolute Gasteiger partial charge is 0.345 e. The number of benzene rings is 1. The summed E-state index contributed by atoms with van der Waals surface area (Å²) in [5.41, 5.74) is 2.11. The fourth-order valence-corrected chi connectivity index (χ4v) is 2.73. The summed E-state index contributed by atoms with van der Waals surface area (Å²) in [4.78, 5) is 12.0. The van der Waals surface area contributed by atoms with E-state index in [0.29, 0.717) is 17.9 Å². The summed E-state index contributed by atoms with van der Waals surface area (Å²) in [7, 11) is 0. The maximum Gasteiger partial charge on any atom is 0.221 e. The molecule has 20 heavy (non-hydrogen) atoms. The predicted molar refractivity (Wildman–Crippen MR) is 85.2 cm³/mol. The van der Waals surface area contributed by atoms with Gasteiger partial charge in [0.2, 0.25) is 5.91 Å². The highest BCUT2D eigenvalue weighted by molar-refractivity contribution is 7.08. The van der Waals surface area contributed by atoms with Crippen LogP contribution in [0.4, 0.5) is 0 Å². The molecule has 0 bridgehead atoms. The van der Waals surface area contributed by atoms with E-state index in [2.05, 4.69) is 11.9 Å². The Hall–Kier alpha value is -1.58. The van der Waals surface area contributed by atoms with Crippen molar-refractivity contribution in [3.63, 3.8) is 0 Å². The van der Waals surface area contributed by atoms with Crippen molar-refractivity contribution in [1.82, 2.24) is 5.32 Å². The van der Waals surface area contributed by atoms with Gasteiger partial charge in [0.15, 0.2) is 0 Å². The third kappa shape index (κ3) is 3.95. The van der Waals surface area contributed by atoms with Gasteiger partial charge in [-0.2, -0.15) is 11.3 Å². The van der Waals surface area contributed by atoms with Gasteiger partial charge in [0, 0.05) is 11.4 Å². The van der Waals surface area contributed by atoms with Crippen molar-refractivity contribution in [1.29, 1.82) is 0 Å². The van der Waals surface area contributed by atoms with Crippen LogP contribution in [0, 0.1) is 0 Å². The molecule has 1 aromatic heterocycles. The van der Waals surface area contributed by atoms with Crippen LogP contribution < -0.4 is 5.32 Å². The van der Waals surface area contributed by atoms with Crippen molar-refractivity contribution in [2.45, 2.75) is 18.9 Å². The Balaban J connectivity index is 2.19. The van der Waals surface area contributed by atoms with Gasteiger partial charge in [0.1, 0.15) is 0 Å². The average Bonchev–Trinajstić information content (AvgIpc) is 2.97. The van der Waals surface area contributed by atoms with Gasteiger partial charge in [-0.05, 0) is 46.5 Å². The van der Waals surface area contributed by atoms with Crippen molar-refractivity contribution >= 4 is 28.8 Å². The lowest BCUT2D eigenvalue weighted by Gasteiger charge is -2.18. The smallest absolute Gasteiger partial charge is 0.221 e. The van der Waals surface area contributed by atoms with E-state index in [4.69, 9.17) is 11.6 Å². The molecule has 1 amide bonds. The van der Waals surface area contributed by atoms with Crippen LogP contribution in [0.1, 0.15) is 30.0 Å². The second kappa shape index (κ2) is 7.27. The number of allylic oxidation sites excluding steroid dienone is 1. The Morgan fingerprint density at radius 1 is 1.30 bits per heavy atom. The molecule has 0 fully saturated rings. The lowest BCUT2D eigenvalue weighted by molar-refractivity contribution is -0.121. The third-order valence-corrected chi connectivity index (χ3v) is 3.91. The summed E-state index contributed by atoms with van der Waals surface area (Å²) in [6.45, 7) is 3.64. The van der Waals surface area contributed by atoms with Gasteiger partial charge in [0.05, 0.1) is 6.04 Å². The summed E-state index contributed by atoms with van der Waals surface area (Å²) in [5.74, 6) is 0.0241. The molecule has 4 heteroatoms. The van der Waals surface area contributed by atoms with Gasteiger partial charge in [-0.1, -0.05) is 29.8 Å². The monoisotopic (exact) mass is 305 g/mol. The van der Waals surface area contributed by atoms with Crippen molar-refractivity contribution in [2.75, 3.05) is 0 Å². The van der Waals surface area contributed by atoms with Crippen LogP contribution in [0.2, 0.25) is 5.02 Å². The van der Waals surface area contributed by atoms with Gasteiger partial charge in [-0.15, -0.1) is 6.58 Å². The van der Waals surface area contributed by atoms with E-state index in [0.717, 1.165) is 11.1 Å². The minimum absolute atomic E-state index is 0.0241. The molecule has 104 valence electrons. The van der Waals surface area contributed by atoms with Gasteiger partial charge in [-0.25, -0.2) is 0 Å². The van der Waals surface area contributed by atoms with Crippen LogP contribution in [0.15, 0.2) is 53.7 Å². The standard InChI is InChI=1S/C16H16ClNOS/c1-2-3-4-15(19)18-16(13-9-10-20-11-13)12-5-7-14(17)8-6-12/h2,5-11,16H,1,3-4H2,(H,18,19)/t16-/m0/s1. The predicted octanol–water partition coefficient (Wildman–Crippen LogP) is 4.57. The summed E-state index contributed by atoms with van der Waals surface area (Å²) in [6.07, 6.45) is 2.89. The van der Waals surface area contributed by atoms with Gasteiger partial charge < -0.3 is 5.32 Å². The normalized spacial score (nSPS) is 11.8. The highest BCUT2D eigenvalue weighted by Crippen LogP contribution is 2.25. The molecule has 0 aliphatic carbocycles. The molecule has 0 unspecified atom stereocenters. The summed E-state index contributed by atoms with van der Waals surface area (Å²) < 4.78 is 0. The van der Waals surface area contributed by atoms with E-state index in [9.17, 15) is 4.79 Å². The van der Waals surface area contributed by atoms with Gasteiger partial charge >= 0.3 is 0 Å². The summed E-state index contributed by atoms with van der Waals surface area (Å²) in [6, 6.07) is 9.46. The first-order valence-electron chi connectivity index (χ1n) is 6.38. The van der Waals surface area contributed by atoms with E-state index >= 15 is 0 Å². The van der Waals surface area contributed by atoms with E-state index in [-0.39, 0.29) is 11.9 Å². The minimum atomic E-state index is -0.129. The van der Waals surface area contributed by atoms with Gasteiger partial charge in [0.25, 0.3) is 0 Å². The molecule has 2 nitrogen and oxygen atoms in total. The van der Waals surface area contributed by atoms with Gasteiger partial charge in [-0.3, -0.25) is 4.79 Å². The first kappa shape index (κ1) is 14.8. The van der Waals surface area contributed by atoms with Crippen molar-refractivity contribution in [2.24, 2.45) is 0 Å². The maximum absolute atomic E-state index is 12.0. The van der Waals surface area contributed by atoms with Crippen molar-refractivity contribution in [3.05, 3.63) is 69.9 Å². The maximum atomic E-state index is 12.0. The highest BCUT2D eigenvalue weighted by Gasteiger charge is 2.16. The molecule has 0 saturated carbocycles. The molecule has 0 spiro atoms. The van der Waals surface area contributed by atoms with Crippen LogP contribution in [0.5, 0.6) is 0 Å². The third-order valence-electron chi connectivity index (χ3n) is 2.96. The summed E-state index contributed by atoms with van der Waals surface area (Å²) >= 11 is 7.54. The first-order valence-corrected chi connectivity index (χ1v) is 7.70. The van der Waals surface area contributed by atoms with Crippen LogP contribution in [0.25, 0.3) is 0 Å². The fraction of sp³-hybridized carbons (Fsp3) is 0.188. The zero-order valence-electron chi connectivity index (χ0n) is 11.0. The van der Waals surface area contributed by atoms with Crippen LogP contribution in [-0.2, 0) is 4.79 Å². The zero-order valence-corrected chi connectivity index (χ0v) is 12.6. The number of amides is 1. The van der Waals surface area contributed by atoms with E-state index in [1.807, 2.05) is 41.1 Å². The number of hydrogen-bond acceptors (Lipinski definition) is 2. The van der Waals surface area contributed by atoms with Crippen molar-refractivity contribution in [3.8, 4) is 0 Å². The van der Waals surface area contributed by atoms with Crippen LogP contribution in [0.3, 0.4) is 0 Å². The van der Waals surface area contributed by atoms with E-state index < -0.39 is 0 Å². The molecule has 1 atom stereocenters. The van der Waals surface area contributed by atoms with Crippen molar-refractivity contribution < 1.29 is 4.79 Å². The number of carbonyl (C=O) groups excluding carboxylic acids is 1. The summed E-state index contributed by atoms with van der Waals surface area (Å²) in [5, 5.41) is 7.81. The molecule has 2 aromatic rings. The molecular weight excluding hydrogens is 290 g/mol. The average molecular weight is 306 g/mol. The molecule has 0 aliphatic rings. The van der Waals surface area contributed by atoms with E-state index in [1.165, 1.54) is 0 Å². The molecule has 0 radical (unpaired) electrons. The topological polar surface area (TPSA) is 29.1 Å². The zero-order chi connectivity index (χ0) is 14.4. The number of carbonyl (C=O) groups is 1. The Morgan fingerprint density at radius 3 is 2.65 bits per heavy atom. The lowest BCUT2D eigenvalue weighted by Crippen LogP contribution is -2.28. The Labute approximate surface area is 128 Å². The fourth-order valence-electron chi connectivity index (χ4n) is 1.92. The minimum Gasteiger partial charge on any atom is -0.345 e. The molecule has 0 saturated heterocycles. The Bertz CT molecular complexity index is 563. The van der Waals surface area contributed by atoms with Crippen LogP contribution >= 0.6 is 22.9 Å². The number of hydrogen-bond donors (Lipinski definition) is 1. The SMILES string of the molecule is C=CCCC(=O)N[C@@H](c1ccc(Cl)cc1)c1ccsc1. The second-order valence-electron chi connectivity index (χ2n) is 4.44. The molecule has 1 heterocycles. The second-order valence-corrected chi connectivity index (χ2v) is 5.65. The number of halogens is 1. The molecule has 0 aliphatic heterocycles. The van der Waals surface area contributed by atoms with Crippen LogP contribution in [-0.4, -0.2) is 5.91 Å². The lowest BCUT2D eigenvalue weighted by atomic mass is 10.0. The first-order chi connectivity index (χ1) is 9.70. The molecule has 2 rings (SSSR count). The number of rotatable bonds is 6. The molecular formula is C16H16ClNOS. The molecule has 1 aromatic carbocycles. The molecule has 1 N–H and O–H groups in total.